The van der Waals surface area contributed by atoms with E-state index in [1.807, 2.05) is 24.3 Å². The van der Waals surface area contributed by atoms with Crippen molar-refractivity contribution in [2.45, 2.75) is 12.6 Å². The number of benzene rings is 1. The number of aliphatic hydroxyl groups is 1. The molecule has 5 nitrogen and oxygen atoms in total. The van der Waals surface area contributed by atoms with Gasteiger partial charge in [0.25, 0.3) is 11.5 Å². The van der Waals surface area contributed by atoms with Gasteiger partial charge in [-0.3, -0.25) is 9.59 Å². The summed E-state index contributed by atoms with van der Waals surface area (Å²) in [4.78, 5) is 27.6. The quantitative estimate of drug-likeness (QED) is 0.842. The molecule has 108 valence electrons. The van der Waals surface area contributed by atoms with Crippen LogP contribution in [-0.2, 0) is 6.54 Å². The highest BCUT2D eigenvalue weighted by molar-refractivity contribution is 6.30. The zero-order chi connectivity index (χ0) is 15.0. The van der Waals surface area contributed by atoms with Gasteiger partial charge >= 0.3 is 0 Å². The van der Waals surface area contributed by atoms with Crippen molar-refractivity contribution in [2.24, 2.45) is 0 Å². The van der Waals surface area contributed by atoms with Crippen molar-refractivity contribution in [1.29, 1.82) is 0 Å². The Morgan fingerprint density at radius 1 is 1.38 bits per heavy atom. The van der Waals surface area contributed by atoms with E-state index in [1.165, 1.54) is 17.2 Å². The molecule has 1 aromatic heterocycles. The van der Waals surface area contributed by atoms with E-state index >= 15 is 0 Å². The van der Waals surface area contributed by atoms with Crippen molar-refractivity contribution in [1.82, 2.24) is 9.88 Å². The van der Waals surface area contributed by atoms with Gasteiger partial charge in [-0.15, -0.1) is 0 Å². The minimum absolute atomic E-state index is 0.0289. The third kappa shape index (κ3) is 2.57. The molecular weight excluding hydrogens is 292 g/mol. The Morgan fingerprint density at radius 3 is 2.90 bits per heavy atom. The normalized spacial score (nSPS) is 17.4. The molecule has 0 bridgehead atoms. The largest absolute Gasteiger partial charge is 0.387 e. The number of nitrogens with one attached hydrogen (secondary N) is 1. The van der Waals surface area contributed by atoms with E-state index in [9.17, 15) is 14.7 Å². The number of hydrogen-bond acceptors (Lipinski definition) is 3. The monoisotopic (exact) mass is 304 g/mol. The van der Waals surface area contributed by atoms with Gasteiger partial charge in [-0.1, -0.05) is 35.9 Å². The van der Waals surface area contributed by atoms with Crippen LogP contribution in [0.3, 0.4) is 0 Å². The minimum atomic E-state index is -0.711. The molecule has 1 aromatic carbocycles. The molecule has 0 saturated carbocycles. The summed E-state index contributed by atoms with van der Waals surface area (Å²) in [6.07, 6.45) is 0.626. The lowest BCUT2D eigenvalue weighted by Gasteiger charge is -2.32. The summed E-state index contributed by atoms with van der Waals surface area (Å²) >= 11 is 5.74. The van der Waals surface area contributed by atoms with Crippen molar-refractivity contribution in [3.05, 3.63) is 68.6 Å². The number of fused-ring (bicyclic) bond motifs is 1. The van der Waals surface area contributed by atoms with Crippen LogP contribution in [0.5, 0.6) is 0 Å². The first-order valence-corrected chi connectivity index (χ1v) is 6.87. The number of H-pyrrole nitrogens is 1. The molecule has 0 unspecified atom stereocenters. The number of aromatic nitrogens is 1. The van der Waals surface area contributed by atoms with Gasteiger partial charge < -0.3 is 15.0 Å². The summed E-state index contributed by atoms with van der Waals surface area (Å²) in [5.74, 6) is -0.276. The van der Waals surface area contributed by atoms with Crippen LogP contribution in [-0.4, -0.2) is 27.4 Å². The number of aromatic amines is 1. The Balaban J connectivity index is 1.90. The molecule has 0 aliphatic carbocycles. The van der Waals surface area contributed by atoms with E-state index in [4.69, 9.17) is 11.6 Å². The van der Waals surface area contributed by atoms with Crippen LogP contribution in [0.2, 0.25) is 5.02 Å². The van der Waals surface area contributed by atoms with Crippen molar-refractivity contribution < 1.29 is 9.90 Å². The average molecular weight is 305 g/mol. The summed E-state index contributed by atoms with van der Waals surface area (Å²) < 4.78 is 0. The fraction of sp³-hybridized carbons (Fsp3) is 0.200. The Kier molecular flexibility index (Phi) is 3.53. The molecule has 0 spiro atoms. The zero-order valence-corrected chi connectivity index (χ0v) is 11.8. The molecule has 1 atom stereocenters. The number of rotatable bonds is 1. The molecule has 3 rings (SSSR count). The molecule has 6 heteroatoms. The first-order chi connectivity index (χ1) is 10.1. The molecule has 0 saturated heterocycles. The number of β-amino-alcohol motifs (C(OH)–C–C–N with tert-alkyl or cyclic N) is 1. The molecular formula is C15H13ClN2O3. The molecule has 0 fully saturated rings. The molecule has 1 aliphatic heterocycles. The van der Waals surface area contributed by atoms with Gasteiger partial charge in [0.15, 0.2) is 0 Å². The van der Waals surface area contributed by atoms with Crippen LogP contribution >= 0.6 is 11.6 Å². The number of amides is 1. The smallest absolute Gasteiger partial charge is 0.266 e. The van der Waals surface area contributed by atoms with Gasteiger partial charge in [-0.05, 0) is 17.2 Å². The maximum absolute atomic E-state index is 12.5. The fourth-order valence-corrected chi connectivity index (χ4v) is 2.67. The number of carbonyl (C=O) groups is 1. The van der Waals surface area contributed by atoms with Crippen molar-refractivity contribution in [2.75, 3.05) is 6.54 Å². The average Bonchev–Trinajstić information content (AvgIpc) is 2.49. The van der Waals surface area contributed by atoms with Crippen LogP contribution in [0, 0.1) is 0 Å². The van der Waals surface area contributed by atoms with Crippen LogP contribution in [0.25, 0.3) is 0 Å². The topological polar surface area (TPSA) is 73.4 Å². The molecule has 1 amide bonds. The predicted octanol–water partition coefficient (Wildman–Crippen LogP) is 1.72. The highest BCUT2D eigenvalue weighted by atomic mass is 35.5. The van der Waals surface area contributed by atoms with Crippen molar-refractivity contribution in [3.63, 3.8) is 0 Å². The SMILES string of the molecule is O=C(c1c[nH]c(=O)c(Cl)c1)N1Cc2ccccc2[C@@H](O)C1. The summed E-state index contributed by atoms with van der Waals surface area (Å²) in [6, 6.07) is 8.82. The summed E-state index contributed by atoms with van der Waals surface area (Å²) in [6.45, 7) is 0.634. The molecule has 21 heavy (non-hydrogen) atoms. The zero-order valence-electron chi connectivity index (χ0n) is 11.0. The number of halogens is 1. The van der Waals surface area contributed by atoms with E-state index in [2.05, 4.69) is 4.98 Å². The third-order valence-electron chi connectivity index (χ3n) is 3.56. The summed E-state index contributed by atoms with van der Waals surface area (Å²) in [5, 5.41) is 10.1. The molecule has 2 aromatic rings. The Labute approximate surface area is 125 Å². The number of pyridine rings is 1. The molecule has 2 N–H and O–H groups in total. The van der Waals surface area contributed by atoms with E-state index in [0.29, 0.717) is 12.1 Å². The van der Waals surface area contributed by atoms with E-state index in [0.717, 1.165) is 11.1 Å². The molecule has 1 aliphatic rings. The van der Waals surface area contributed by atoms with Crippen molar-refractivity contribution >= 4 is 17.5 Å². The lowest BCUT2D eigenvalue weighted by Crippen LogP contribution is -2.38. The Hall–Kier alpha value is -2.11. The second-order valence-corrected chi connectivity index (χ2v) is 5.37. The van der Waals surface area contributed by atoms with Crippen molar-refractivity contribution in [3.8, 4) is 0 Å². The van der Waals surface area contributed by atoms with Gasteiger partial charge in [0, 0.05) is 12.7 Å². The minimum Gasteiger partial charge on any atom is -0.387 e. The lowest BCUT2D eigenvalue weighted by atomic mass is 9.97. The van der Waals surface area contributed by atoms with Gasteiger partial charge in [-0.2, -0.15) is 0 Å². The number of nitrogens with zero attached hydrogens (tertiary/aromatic N) is 1. The second-order valence-electron chi connectivity index (χ2n) is 4.97. The third-order valence-corrected chi connectivity index (χ3v) is 3.84. The van der Waals surface area contributed by atoms with Crippen LogP contribution in [0.1, 0.15) is 27.6 Å². The highest BCUT2D eigenvalue weighted by Gasteiger charge is 2.27. The van der Waals surface area contributed by atoms with E-state index in [-0.39, 0.29) is 17.5 Å². The van der Waals surface area contributed by atoms with Gasteiger partial charge in [0.2, 0.25) is 0 Å². The highest BCUT2D eigenvalue weighted by Crippen LogP contribution is 2.27. The first-order valence-electron chi connectivity index (χ1n) is 6.49. The molecule has 2 heterocycles. The van der Waals surface area contributed by atoms with E-state index < -0.39 is 11.7 Å². The Morgan fingerprint density at radius 2 is 2.14 bits per heavy atom. The predicted molar refractivity (Wildman–Crippen MR) is 78.2 cm³/mol. The molecule has 0 radical (unpaired) electrons. The second kappa shape index (κ2) is 5.35. The number of carbonyl (C=O) groups excluding carboxylic acids is 1. The number of aliphatic hydroxyl groups excluding tert-OH is 1. The van der Waals surface area contributed by atoms with Crippen LogP contribution in [0.15, 0.2) is 41.3 Å². The lowest BCUT2D eigenvalue weighted by molar-refractivity contribution is 0.0549. The van der Waals surface area contributed by atoms with Crippen LogP contribution < -0.4 is 5.56 Å². The fourth-order valence-electron chi connectivity index (χ4n) is 2.50. The maximum Gasteiger partial charge on any atom is 0.266 e. The van der Waals surface area contributed by atoms with Gasteiger partial charge in [0.1, 0.15) is 5.02 Å². The maximum atomic E-state index is 12.5. The van der Waals surface area contributed by atoms with Crippen LogP contribution in [0.4, 0.5) is 0 Å². The summed E-state index contributed by atoms with van der Waals surface area (Å²) in [5.41, 5.74) is 1.63. The van der Waals surface area contributed by atoms with E-state index in [1.54, 1.807) is 0 Å². The Bertz CT molecular complexity index is 757. The van der Waals surface area contributed by atoms with Gasteiger partial charge in [-0.25, -0.2) is 0 Å². The number of hydrogen-bond donors (Lipinski definition) is 2. The first kappa shape index (κ1) is 13.9. The van der Waals surface area contributed by atoms with Gasteiger partial charge in [0.05, 0.1) is 18.2 Å². The standard InChI is InChI=1S/C15H13ClN2O3/c16-12-5-10(6-17-14(12)20)15(21)18-7-9-3-1-2-4-11(9)13(19)8-18/h1-6,13,19H,7-8H2,(H,17,20)/t13-/m0/s1. The summed E-state index contributed by atoms with van der Waals surface area (Å²) in [7, 11) is 0.